The van der Waals surface area contributed by atoms with Crippen molar-refractivity contribution in [2.24, 2.45) is 0 Å². The van der Waals surface area contributed by atoms with E-state index in [0.29, 0.717) is 33.7 Å². The lowest BCUT2D eigenvalue weighted by Gasteiger charge is -2.20. The van der Waals surface area contributed by atoms with E-state index in [0.717, 1.165) is 0 Å². The first-order valence-corrected chi connectivity index (χ1v) is 9.19. The van der Waals surface area contributed by atoms with Crippen molar-refractivity contribution in [3.63, 3.8) is 0 Å². The van der Waals surface area contributed by atoms with Crippen LogP contribution in [0.3, 0.4) is 0 Å². The Kier molecular flexibility index (Phi) is 6.85. The second kappa shape index (κ2) is 9.09. The molecule has 0 spiro atoms. The van der Waals surface area contributed by atoms with Crippen LogP contribution in [0, 0.1) is 11.3 Å². The summed E-state index contributed by atoms with van der Waals surface area (Å²) < 4.78 is 10.6. The fourth-order valence-electron chi connectivity index (χ4n) is 2.46. The number of ether oxygens (including phenoxy) is 2. The van der Waals surface area contributed by atoms with E-state index in [2.05, 4.69) is 16.0 Å². The van der Waals surface area contributed by atoms with E-state index < -0.39 is 5.97 Å². The average molecular weight is 388 g/mol. The van der Waals surface area contributed by atoms with E-state index in [1.54, 1.807) is 37.3 Å². The standard InChI is InChI=1S/C18H20N4O4S/c1-22(8-7-15(23)24)17-12(10-19)16(20-18(21-17)27-4)11-5-6-13(25-2)14(9-11)26-3/h5-6,9H,7-8H2,1-4H3,(H,23,24). The van der Waals surface area contributed by atoms with Crippen LogP contribution in [0.1, 0.15) is 12.0 Å². The van der Waals surface area contributed by atoms with Gasteiger partial charge in [0.05, 0.1) is 26.3 Å². The SMILES string of the molecule is COc1ccc(-c2nc(SC)nc(N(C)CCC(=O)O)c2C#N)cc1OC. The minimum atomic E-state index is -0.917. The summed E-state index contributed by atoms with van der Waals surface area (Å²) in [6, 6.07) is 7.42. The van der Waals surface area contributed by atoms with Crippen molar-refractivity contribution >= 4 is 23.5 Å². The molecule has 0 amide bonds. The van der Waals surface area contributed by atoms with Gasteiger partial charge in [0, 0.05) is 19.2 Å². The van der Waals surface area contributed by atoms with Crippen LogP contribution < -0.4 is 14.4 Å². The van der Waals surface area contributed by atoms with Gasteiger partial charge >= 0.3 is 5.97 Å². The van der Waals surface area contributed by atoms with Crippen molar-refractivity contribution in [3.8, 4) is 28.8 Å². The minimum absolute atomic E-state index is 0.0638. The minimum Gasteiger partial charge on any atom is -0.493 e. The van der Waals surface area contributed by atoms with E-state index >= 15 is 0 Å². The molecule has 1 aromatic heterocycles. The van der Waals surface area contributed by atoms with E-state index in [1.807, 2.05) is 6.26 Å². The van der Waals surface area contributed by atoms with Gasteiger partial charge in [-0.05, 0) is 24.5 Å². The summed E-state index contributed by atoms with van der Waals surface area (Å²) in [5.74, 6) is 0.559. The van der Waals surface area contributed by atoms with Gasteiger partial charge < -0.3 is 19.5 Å². The molecule has 9 heteroatoms. The molecular weight excluding hydrogens is 368 g/mol. The molecule has 0 saturated carbocycles. The van der Waals surface area contributed by atoms with Crippen LogP contribution >= 0.6 is 11.8 Å². The smallest absolute Gasteiger partial charge is 0.305 e. The Hall–Kier alpha value is -2.99. The summed E-state index contributed by atoms with van der Waals surface area (Å²) >= 11 is 1.34. The number of hydrogen-bond acceptors (Lipinski definition) is 8. The summed E-state index contributed by atoms with van der Waals surface area (Å²) in [6.07, 6.45) is 1.77. The lowest BCUT2D eigenvalue weighted by atomic mass is 10.1. The number of rotatable bonds is 8. The maximum absolute atomic E-state index is 10.9. The highest BCUT2D eigenvalue weighted by molar-refractivity contribution is 7.98. The lowest BCUT2D eigenvalue weighted by molar-refractivity contribution is -0.136. The molecule has 1 N–H and O–H groups in total. The largest absolute Gasteiger partial charge is 0.493 e. The zero-order valence-electron chi connectivity index (χ0n) is 15.5. The number of carboxylic acids is 1. The Morgan fingerprint density at radius 1 is 1.30 bits per heavy atom. The first-order valence-electron chi connectivity index (χ1n) is 7.96. The number of nitrogens with zero attached hydrogens (tertiary/aromatic N) is 4. The summed E-state index contributed by atoms with van der Waals surface area (Å²) in [4.78, 5) is 21.4. The normalized spacial score (nSPS) is 10.2. The molecule has 0 atom stereocenters. The Morgan fingerprint density at radius 2 is 2.00 bits per heavy atom. The molecule has 2 rings (SSSR count). The zero-order chi connectivity index (χ0) is 20.0. The van der Waals surface area contributed by atoms with E-state index in [1.165, 1.54) is 18.9 Å². The molecule has 142 valence electrons. The van der Waals surface area contributed by atoms with Crippen molar-refractivity contribution in [1.29, 1.82) is 5.26 Å². The summed E-state index contributed by atoms with van der Waals surface area (Å²) in [5.41, 5.74) is 1.40. The summed E-state index contributed by atoms with van der Waals surface area (Å²) in [7, 11) is 4.78. The van der Waals surface area contributed by atoms with Gasteiger partial charge in [-0.2, -0.15) is 5.26 Å². The Balaban J connectivity index is 2.61. The van der Waals surface area contributed by atoms with Gasteiger partial charge in [-0.3, -0.25) is 4.79 Å². The van der Waals surface area contributed by atoms with E-state index in [9.17, 15) is 10.1 Å². The molecule has 0 aliphatic carbocycles. The summed E-state index contributed by atoms with van der Waals surface area (Å²) in [6.45, 7) is 0.222. The Labute approximate surface area is 161 Å². The van der Waals surface area contributed by atoms with Crippen LogP contribution in [-0.4, -0.2) is 55.1 Å². The molecule has 27 heavy (non-hydrogen) atoms. The first-order chi connectivity index (χ1) is 12.9. The van der Waals surface area contributed by atoms with Crippen LogP contribution in [0.25, 0.3) is 11.3 Å². The van der Waals surface area contributed by atoms with Crippen molar-refractivity contribution in [1.82, 2.24) is 9.97 Å². The van der Waals surface area contributed by atoms with Crippen LogP contribution in [-0.2, 0) is 4.79 Å². The van der Waals surface area contributed by atoms with Crippen LogP contribution in [0.15, 0.2) is 23.4 Å². The maximum atomic E-state index is 10.9. The number of anilines is 1. The number of benzene rings is 1. The number of aromatic nitrogens is 2. The van der Waals surface area contributed by atoms with Crippen LogP contribution in [0.2, 0.25) is 0 Å². The predicted molar refractivity (Wildman–Crippen MR) is 103 cm³/mol. The highest BCUT2D eigenvalue weighted by Crippen LogP contribution is 2.35. The number of methoxy groups -OCH3 is 2. The van der Waals surface area contributed by atoms with Gasteiger partial charge in [0.1, 0.15) is 11.6 Å². The monoisotopic (exact) mass is 388 g/mol. The highest BCUT2D eigenvalue weighted by atomic mass is 32.2. The lowest BCUT2D eigenvalue weighted by Crippen LogP contribution is -2.23. The number of carboxylic acid groups (broad SMARTS) is 1. The van der Waals surface area contributed by atoms with Crippen molar-refractivity contribution in [2.45, 2.75) is 11.6 Å². The van der Waals surface area contributed by atoms with E-state index in [-0.39, 0.29) is 18.5 Å². The third kappa shape index (κ3) is 4.60. The molecule has 0 aliphatic heterocycles. The molecule has 0 unspecified atom stereocenters. The first kappa shape index (κ1) is 20.3. The number of aliphatic carboxylic acids is 1. The molecule has 0 saturated heterocycles. The highest BCUT2D eigenvalue weighted by Gasteiger charge is 2.20. The third-order valence-corrected chi connectivity index (χ3v) is 4.39. The topological polar surface area (TPSA) is 109 Å². The van der Waals surface area contributed by atoms with Gasteiger partial charge in [0.2, 0.25) is 0 Å². The fraction of sp³-hybridized carbons (Fsp3) is 0.333. The second-order valence-electron chi connectivity index (χ2n) is 5.50. The van der Waals surface area contributed by atoms with E-state index in [4.69, 9.17) is 14.6 Å². The molecule has 1 aromatic carbocycles. The van der Waals surface area contributed by atoms with Gasteiger partial charge in [0.15, 0.2) is 22.5 Å². The van der Waals surface area contributed by atoms with Crippen molar-refractivity contribution in [2.75, 3.05) is 39.0 Å². The third-order valence-electron chi connectivity index (χ3n) is 3.84. The molecule has 0 fully saturated rings. The van der Waals surface area contributed by atoms with Crippen molar-refractivity contribution < 1.29 is 19.4 Å². The summed E-state index contributed by atoms with van der Waals surface area (Å²) in [5, 5.41) is 19.1. The van der Waals surface area contributed by atoms with Crippen LogP contribution in [0.5, 0.6) is 11.5 Å². The quantitative estimate of drug-likeness (QED) is 0.539. The van der Waals surface area contributed by atoms with Gasteiger partial charge in [-0.15, -0.1) is 0 Å². The Bertz CT molecular complexity index is 882. The maximum Gasteiger partial charge on any atom is 0.305 e. The Morgan fingerprint density at radius 3 is 2.56 bits per heavy atom. The molecular formula is C18H20N4O4S. The molecule has 1 heterocycles. The average Bonchev–Trinajstić information content (AvgIpc) is 2.70. The number of nitriles is 1. The molecule has 0 bridgehead atoms. The van der Waals surface area contributed by atoms with Gasteiger partial charge in [-0.1, -0.05) is 11.8 Å². The van der Waals surface area contributed by atoms with Crippen molar-refractivity contribution in [3.05, 3.63) is 23.8 Å². The molecule has 0 radical (unpaired) electrons. The number of thioether (sulfide) groups is 1. The van der Waals surface area contributed by atoms with Crippen LogP contribution in [0.4, 0.5) is 5.82 Å². The number of hydrogen-bond donors (Lipinski definition) is 1. The number of carbonyl (C=O) groups is 1. The van der Waals surface area contributed by atoms with Gasteiger partial charge in [0.25, 0.3) is 0 Å². The second-order valence-corrected chi connectivity index (χ2v) is 6.28. The molecule has 0 aliphatic rings. The van der Waals surface area contributed by atoms with Gasteiger partial charge in [-0.25, -0.2) is 9.97 Å². The molecule has 8 nitrogen and oxygen atoms in total. The molecule has 2 aromatic rings. The predicted octanol–water partition coefficient (Wildman–Crippen LogP) is 2.67. The fourth-order valence-corrected chi connectivity index (χ4v) is 2.82. The zero-order valence-corrected chi connectivity index (χ0v) is 16.3.